The summed E-state index contributed by atoms with van der Waals surface area (Å²) in [4.78, 5) is 25.4. The summed E-state index contributed by atoms with van der Waals surface area (Å²) < 4.78 is 0. The molecule has 0 aliphatic heterocycles. The predicted octanol–water partition coefficient (Wildman–Crippen LogP) is 7.66. The Morgan fingerprint density at radius 3 is 2.06 bits per heavy atom. The molecule has 0 saturated heterocycles. The van der Waals surface area contributed by atoms with Gasteiger partial charge in [-0.1, -0.05) is 95.5 Å². The first kappa shape index (κ1) is 25.9. The van der Waals surface area contributed by atoms with Crippen molar-refractivity contribution in [2.75, 3.05) is 11.9 Å². The van der Waals surface area contributed by atoms with Crippen LogP contribution in [0, 0.1) is 0 Å². The Hall–Kier alpha value is -3.21. The van der Waals surface area contributed by atoms with E-state index in [9.17, 15) is 4.79 Å². The SMILES string of the molecule is CC(C)c1cccc(C(C)C)c1NC(=O)N(Cc1ccccc1)CC1(c2ncccn2)CCCCC1. The molecule has 2 amide bonds. The quantitative estimate of drug-likeness (QED) is 0.357. The highest BCUT2D eigenvalue weighted by molar-refractivity contribution is 5.91. The minimum absolute atomic E-state index is 0.0604. The summed E-state index contributed by atoms with van der Waals surface area (Å²) in [7, 11) is 0. The van der Waals surface area contributed by atoms with E-state index < -0.39 is 0 Å². The van der Waals surface area contributed by atoms with Crippen molar-refractivity contribution >= 4 is 11.7 Å². The molecule has 0 bridgehead atoms. The second-order valence-electron chi connectivity index (χ2n) is 10.8. The van der Waals surface area contributed by atoms with Crippen LogP contribution in [0.2, 0.25) is 0 Å². The summed E-state index contributed by atoms with van der Waals surface area (Å²) >= 11 is 0. The largest absolute Gasteiger partial charge is 0.322 e. The minimum atomic E-state index is -0.232. The first-order valence-corrected chi connectivity index (χ1v) is 13.4. The van der Waals surface area contributed by atoms with Gasteiger partial charge < -0.3 is 10.2 Å². The van der Waals surface area contributed by atoms with Gasteiger partial charge in [-0.2, -0.15) is 0 Å². The third-order valence-electron chi connectivity index (χ3n) is 7.45. The highest BCUT2D eigenvalue weighted by Gasteiger charge is 2.39. The number of para-hydroxylation sites is 1. The van der Waals surface area contributed by atoms with Crippen molar-refractivity contribution in [3.63, 3.8) is 0 Å². The van der Waals surface area contributed by atoms with Crippen molar-refractivity contribution in [1.82, 2.24) is 14.9 Å². The van der Waals surface area contributed by atoms with Gasteiger partial charge in [-0.15, -0.1) is 0 Å². The maximum atomic E-state index is 14.1. The van der Waals surface area contributed by atoms with E-state index in [2.05, 4.69) is 73.3 Å². The highest BCUT2D eigenvalue weighted by Crippen LogP contribution is 2.39. The van der Waals surface area contributed by atoms with E-state index >= 15 is 0 Å². The number of nitrogens with one attached hydrogen (secondary N) is 1. The normalized spacial score (nSPS) is 15.2. The molecule has 36 heavy (non-hydrogen) atoms. The molecule has 0 radical (unpaired) electrons. The van der Waals surface area contributed by atoms with Gasteiger partial charge in [-0.25, -0.2) is 14.8 Å². The molecule has 1 N–H and O–H groups in total. The molecule has 0 unspecified atom stereocenters. The molecule has 1 fully saturated rings. The zero-order valence-corrected chi connectivity index (χ0v) is 22.2. The van der Waals surface area contributed by atoms with Gasteiger partial charge in [0.05, 0.1) is 0 Å². The fourth-order valence-electron chi connectivity index (χ4n) is 5.50. The number of carbonyl (C=O) groups excluding carboxylic acids is 1. The van der Waals surface area contributed by atoms with Gasteiger partial charge in [0.25, 0.3) is 0 Å². The van der Waals surface area contributed by atoms with Crippen LogP contribution in [0.15, 0.2) is 67.0 Å². The lowest BCUT2D eigenvalue weighted by molar-refractivity contribution is 0.164. The first-order chi connectivity index (χ1) is 17.4. The van der Waals surface area contributed by atoms with Crippen molar-refractivity contribution in [2.45, 2.75) is 83.6 Å². The second-order valence-corrected chi connectivity index (χ2v) is 10.8. The number of aromatic nitrogens is 2. The van der Waals surface area contributed by atoms with Crippen molar-refractivity contribution in [2.24, 2.45) is 0 Å². The molecule has 5 nitrogen and oxygen atoms in total. The Morgan fingerprint density at radius 2 is 1.47 bits per heavy atom. The number of anilines is 1. The number of benzene rings is 2. The molecule has 0 atom stereocenters. The van der Waals surface area contributed by atoms with E-state index in [0.29, 0.717) is 24.9 Å². The van der Waals surface area contributed by atoms with Crippen LogP contribution in [0.3, 0.4) is 0 Å². The molecule has 190 valence electrons. The van der Waals surface area contributed by atoms with Crippen molar-refractivity contribution in [3.05, 3.63) is 89.5 Å². The summed E-state index contributed by atoms with van der Waals surface area (Å²) in [6.45, 7) is 9.86. The van der Waals surface area contributed by atoms with E-state index in [1.54, 1.807) is 0 Å². The smallest absolute Gasteiger partial charge is 0.319 e. The number of hydrogen-bond acceptors (Lipinski definition) is 3. The third-order valence-corrected chi connectivity index (χ3v) is 7.45. The van der Waals surface area contributed by atoms with Crippen LogP contribution in [0.25, 0.3) is 0 Å². The molecular weight excluding hydrogens is 444 g/mol. The number of amides is 2. The average Bonchev–Trinajstić information content (AvgIpc) is 2.90. The maximum Gasteiger partial charge on any atom is 0.322 e. The van der Waals surface area contributed by atoms with Gasteiger partial charge in [0.1, 0.15) is 5.82 Å². The Kier molecular flexibility index (Phi) is 8.40. The van der Waals surface area contributed by atoms with Crippen LogP contribution in [0.5, 0.6) is 0 Å². The number of urea groups is 1. The van der Waals surface area contributed by atoms with Gasteiger partial charge in [-0.05, 0) is 47.4 Å². The van der Waals surface area contributed by atoms with Crippen LogP contribution < -0.4 is 5.32 Å². The van der Waals surface area contributed by atoms with E-state index in [4.69, 9.17) is 0 Å². The summed E-state index contributed by atoms with van der Waals surface area (Å²) in [5, 5.41) is 3.37. The summed E-state index contributed by atoms with van der Waals surface area (Å²) in [5.41, 5.74) is 4.19. The Morgan fingerprint density at radius 1 is 0.861 bits per heavy atom. The van der Waals surface area contributed by atoms with E-state index in [1.165, 1.54) is 17.5 Å². The standard InChI is InChI=1S/C31H40N4O/c1-23(2)26-15-11-16-27(24(3)4)28(26)34-30(36)35(21-25-13-7-5-8-14-25)22-31(17-9-6-10-18-31)29-32-19-12-20-33-29/h5,7-8,11-16,19-20,23-24H,6,9-10,17-18,21-22H2,1-4H3,(H,34,36). The summed E-state index contributed by atoms with van der Waals surface area (Å²) in [6.07, 6.45) is 9.13. The second kappa shape index (κ2) is 11.7. The fraction of sp³-hybridized carbons (Fsp3) is 0.452. The van der Waals surface area contributed by atoms with E-state index in [0.717, 1.165) is 42.8 Å². The lowest BCUT2D eigenvalue weighted by Crippen LogP contribution is -2.47. The molecule has 3 aromatic rings. The van der Waals surface area contributed by atoms with Gasteiger partial charge in [0.15, 0.2) is 0 Å². The molecule has 5 heteroatoms. The molecule has 1 heterocycles. The monoisotopic (exact) mass is 484 g/mol. The highest BCUT2D eigenvalue weighted by atomic mass is 16.2. The molecular formula is C31H40N4O. The van der Waals surface area contributed by atoms with Gasteiger partial charge in [0.2, 0.25) is 0 Å². The summed E-state index contributed by atoms with van der Waals surface area (Å²) in [5.74, 6) is 1.48. The summed E-state index contributed by atoms with van der Waals surface area (Å²) in [6, 6.07) is 18.4. The van der Waals surface area contributed by atoms with Crippen molar-refractivity contribution < 1.29 is 4.79 Å². The molecule has 1 aliphatic carbocycles. The molecule has 1 aliphatic rings. The third kappa shape index (κ3) is 5.95. The molecule has 2 aromatic carbocycles. The van der Waals surface area contributed by atoms with Crippen molar-refractivity contribution in [1.29, 1.82) is 0 Å². The van der Waals surface area contributed by atoms with Crippen LogP contribution in [-0.2, 0) is 12.0 Å². The number of nitrogens with zero attached hydrogens (tertiary/aromatic N) is 3. The Balaban J connectivity index is 1.71. The van der Waals surface area contributed by atoms with Gasteiger partial charge in [-0.3, -0.25) is 0 Å². The molecule has 4 rings (SSSR count). The Bertz CT molecular complexity index is 1100. The van der Waals surface area contributed by atoms with Gasteiger partial charge in [0, 0.05) is 36.6 Å². The zero-order chi connectivity index (χ0) is 25.5. The van der Waals surface area contributed by atoms with Crippen LogP contribution >= 0.6 is 0 Å². The lowest BCUT2D eigenvalue weighted by Gasteiger charge is -2.40. The molecule has 0 spiro atoms. The first-order valence-electron chi connectivity index (χ1n) is 13.4. The number of rotatable bonds is 8. The average molecular weight is 485 g/mol. The topological polar surface area (TPSA) is 58.1 Å². The Labute approximate surface area is 216 Å². The number of carbonyl (C=O) groups is 1. The van der Waals surface area contributed by atoms with Gasteiger partial charge >= 0.3 is 6.03 Å². The lowest BCUT2D eigenvalue weighted by atomic mass is 9.72. The number of hydrogen-bond donors (Lipinski definition) is 1. The van der Waals surface area contributed by atoms with Crippen LogP contribution in [0.1, 0.15) is 94.1 Å². The molecule has 1 aromatic heterocycles. The molecule has 1 saturated carbocycles. The zero-order valence-electron chi connectivity index (χ0n) is 22.2. The van der Waals surface area contributed by atoms with E-state index in [1.807, 2.05) is 41.6 Å². The van der Waals surface area contributed by atoms with Crippen LogP contribution in [0.4, 0.5) is 10.5 Å². The predicted molar refractivity (Wildman–Crippen MR) is 147 cm³/mol. The van der Waals surface area contributed by atoms with Crippen molar-refractivity contribution in [3.8, 4) is 0 Å². The minimum Gasteiger partial charge on any atom is -0.319 e. The maximum absolute atomic E-state index is 14.1. The van der Waals surface area contributed by atoms with Crippen LogP contribution in [-0.4, -0.2) is 27.4 Å². The fourth-order valence-corrected chi connectivity index (χ4v) is 5.50. The van der Waals surface area contributed by atoms with E-state index in [-0.39, 0.29) is 11.4 Å².